The molecular formula is C19H28O3. The molecular weight excluding hydrogens is 276 g/mol. The molecule has 1 aromatic rings. The second-order valence-corrected chi connectivity index (χ2v) is 8.70. The van der Waals surface area contributed by atoms with Gasteiger partial charge in [-0.3, -0.25) is 4.79 Å². The molecule has 22 heavy (non-hydrogen) atoms. The lowest BCUT2D eigenvalue weighted by molar-refractivity contribution is -0.137. The summed E-state index contributed by atoms with van der Waals surface area (Å²) < 4.78 is 0. The summed E-state index contributed by atoms with van der Waals surface area (Å²) in [5.41, 5.74) is 1.82. The Balaban J connectivity index is 2.37. The predicted molar refractivity (Wildman–Crippen MR) is 88.4 cm³/mol. The molecule has 122 valence electrons. The monoisotopic (exact) mass is 304 g/mol. The maximum absolute atomic E-state index is 11.1. The Hall–Kier alpha value is -1.51. The Kier molecular flexibility index (Phi) is 4.05. The lowest BCUT2D eigenvalue weighted by Gasteiger charge is -2.33. The molecule has 0 heterocycles. The number of rotatable bonds is 5. The van der Waals surface area contributed by atoms with E-state index < -0.39 is 5.97 Å². The fourth-order valence-electron chi connectivity index (χ4n) is 3.79. The number of benzene rings is 1. The van der Waals surface area contributed by atoms with Crippen molar-refractivity contribution in [3.63, 3.8) is 0 Å². The van der Waals surface area contributed by atoms with Crippen LogP contribution < -0.4 is 0 Å². The van der Waals surface area contributed by atoms with E-state index in [0.29, 0.717) is 0 Å². The topological polar surface area (TPSA) is 57.5 Å². The van der Waals surface area contributed by atoms with Crippen LogP contribution in [0.3, 0.4) is 0 Å². The van der Waals surface area contributed by atoms with Gasteiger partial charge >= 0.3 is 5.97 Å². The van der Waals surface area contributed by atoms with E-state index in [4.69, 9.17) is 5.11 Å². The van der Waals surface area contributed by atoms with Gasteiger partial charge in [0.05, 0.1) is 6.42 Å². The molecule has 0 bridgehead atoms. The van der Waals surface area contributed by atoms with Crippen LogP contribution in [0.15, 0.2) is 18.2 Å². The Labute approximate surface area is 133 Å². The summed E-state index contributed by atoms with van der Waals surface area (Å²) in [6.45, 7) is 11.1. The Morgan fingerprint density at radius 3 is 2.23 bits per heavy atom. The Morgan fingerprint density at radius 1 is 1.18 bits per heavy atom. The Bertz CT molecular complexity index is 575. The first-order valence-corrected chi connectivity index (χ1v) is 8.01. The largest absolute Gasteiger partial charge is 0.508 e. The third-order valence-electron chi connectivity index (χ3n) is 4.66. The SMILES string of the molecule is CC(C)(C)CC(C)(C)c1ccc(O)c(C2(CC(=O)O)CC2)c1. The minimum atomic E-state index is -0.795. The standard InChI is InChI=1S/C19H28O3/c1-17(2,3)12-18(4,5)13-6-7-15(20)14(10-13)19(8-9-19)11-16(21)22/h6-7,10,20H,8-9,11-12H2,1-5H3,(H,21,22). The van der Waals surface area contributed by atoms with Gasteiger partial charge in [0, 0.05) is 11.0 Å². The first kappa shape index (κ1) is 16.9. The van der Waals surface area contributed by atoms with Crippen molar-refractivity contribution in [2.24, 2.45) is 5.41 Å². The number of phenolic OH excluding ortho intramolecular Hbond substituents is 1. The fourth-order valence-corrected chi connectivity index (χ4v) is 3.79. The summed E-state index contributed by atoms with van der Waals surface area (Å²) in [7, 11) is 0. The third-order valence-corrected chi connectivity index (χ3v) is 4.66. The van der Waals surface area contributed by atoms with Crippen LogP contribution in [0.1, 0.15) is 71.4 Å². The fraction of sp³-hybridized carbons (Fsp3) is 0.632. The number of hydrogen-bond acceptors (Lipinski definition) is 2. The highest BCUT2D eigenvalue weighted by molar-refractivity contribution is 5.70. The summed E-state index contributed by atoms with van der Waals surface area (Å²) >= 11 is 0. The number of carbonyl (C=O) groups is 1. The van der Waals surface area contributed by atoms with Crippen molar-refractivity contribution in [3.05, 3.63) is 29.3 Å². The first-order valence-electron chi connectivity index (χ1n) is 8.01. The zero-order valence-corrected chi connectivity index (χ0v) is 14.4. The smallest absolute Gasteiger partial charge is 0.304 e. The van der Waals surface area contributed by atoms with Gasteiger partial charge in [0.25, 0.3) is 0 Å². The molecule has 0 amide bonds. The van der Waals surface area contributed by atoms with E-state index >= 15 is 0 Å². The van der Waals surface area contributed by atoms with Crippen molar-refractivity contribution in [1.82, 2.24) is 0 Å². The molecule has 0 atom stereocenters. The highest BCUT2D eigenvalue weighted by Gasteiger charge is 2.48. The van der Waals surface area contributed by atoms with Gasteiger partial charge in [-0.2, -0.15) is 0 Å². The lowest BCUT2D eigenvalue weighted by atomic mass is 9.71. The number of hydrogen-bond donors (Lipinski definition) is 2. The summed E-state index contributed by atoms with van der Waals surface area (Å²) in [5, 5.41) is 19.4. The highest BCUT2D eigenvalue weighted by Crippen LogP contribution is 2.54. The normalized spacial score (nSPS) is 17.3. The molecule has 0 aromatic heterocycles. The van der Waals surface area contributed by atoms with E-state index in [9.17, 15) is 9.90 Å². The molecule has 1 fully saturated rings. The van der Waals surface area contributed by atoms with E-state index in [2.05, 4.69) is 34.6 Å². The van der Waals surface area contributed by atoms with Gasteiger partial charge in [0.1, 0.15) is 5.75 Å². The second kappa shape index (κ2) is 5.29. The summed E-state index contributed by atoms with van der Waals surface area (Å²) in [6, 6.07) is 5.75. The molecule has 0 unspecified atom stereocenters. The van der Waals surface area contributed by atoms with Crippen LogP contribution >= 0.6 is 0 Å². The van der Waals surface area contributed by atoms with Gasteiger partial charge in [0.15, 0.2) is 0 Å². The highest BCUT2D eigenvalue weighted by atomic mass is 16.4. The van der Waals surface area contributed by atoms with Crippen molar-refractivity contribution in [2.75, 3.05) is 0 Å². The van der Waals surface area contributed by atoms with Gasteiger partial charge in [0.2, 0.25) is 0 Å². The molecule has 0 spiro atoms. The van der Waals surface area contributed by atoms with E-state index in [0.717, 1.165) is 24.8 Å². The molecule has 1 aromatic carbocycles. The molecule has 3 nitrogen and oxygen atoms in total. The molecule has 1 aliphatic carbocycles. The average Bonchev–Trinajstić information content (AvgIpc) is 3.05. The predicted octanol–water partition coefficient (Wildman–Crippen LogP) is 4.61. The van der Waals surface area contributed by atoms with Crippen molar-refractivity contribution in [2.45, 2.75) is 71.1 Å². The van der Waals surface area contributed by atoms with Crippen LogP contribution in [0.2, 0.25) is 0 Å². The van der Waals surface area contributed by atoms with Gasteiger partial charge in [-0.25, -0.2) is 0 Å². The van der Waals surface area contributed by atoms with E-state index in [1.54, 1.807) is 6.07 Å². The number of carboxylic acid groups (broad SMARTS) is 1. The van der Waals surface area contributed by atoms with Gasteiger partial charge < -0.3 is 10.2 Å². The number of aromatic hydroxyl groups is 1. The van der Waals surface area contributed by atoms with Crippen molar-refractivity contribution < 1.29 is 15.0 Å². The van der Waals surface area contributed by atoms with Crippen LogP contribution in [0.25, 0.3) is 0 Å². The first-order chi connectivity index (χ1) is 9.95. The molecule has 1 aliphatic rings. The maximum Gasteiger partial charge on any atom is 0.304 e. The molecule has 1 saturated carbocycles. The lowest BCUT2D eigenvalue weighted by Crippen LogP contribution is -2.25. The number of carboxylic acids is 1. The van der Waals surface area contributed by atoms with Gasteiger partial charge in [-0.1, -0.05) is 46.8 Å². The summed E-state index contributed by atoms with van der Waals surface area (Å²) in [5.74, 6) is -0.565. The quantitative estimate of drug-likeness (QED) is 0.835. The van der Waals surface area contributed by atoms with Gasteiger partial charge in [-0.05, 0) is 41.7 Å². The summed E-state index contributed by atoms with van der Waals surface area (Å²) in [6.07, 6.45) is 2.81. The van der Waals surface area contributed by atoms with Crippen LogP contribution in [-0.2, 0) is 15.6 Å². The molecule has 0 saturated heterocycles. The van der Waals surface area contributed by atoms with E-state index in [1.807, 2.05) is 12.1 Å². The Morgan fingerprint density at radius 2 is 1.77 bits per heavy atom. The van der Waals surface area contributed by atoms with E-state index in [1.165, 1.54) is 5.56 Å². The van der Waals surface area contributed by atoms with Crippen molar-refractivity contribution >= 4 is 5.97 Å². The maximum atomic E-state index is 11.1. The van der Waals surface area contributed by atoms with Gasteiger partial charge in [-0.15, -0.1) is 0 Å². The minimum absolute atomic E-state index is 0.0139. The molecule has 0 aliphatic heterocycles. The number of aliphatic carboxylic acids is 1. The van der Waals surface area contributed by atoms with Crippen LogP contribution in [0, 0.1) is 5.41 Å². The van der Waals surface area contributed by atoms with Crippen molar-refractivity contribution in [1.29, 1.82) is 0 Å². The zero-order chi connectivity index (χ0) is 16.8. The minimum Gasteiger partial charge on any atom is -0.508 e. The third kappa shape index (κ3) is 3.63. The zero-order valence-electron chi connectivity index (χ0n) is 14.4. The van der Waals surface area contributed by atoms with Crippen LogP contribution in [-0.4, -0.2) is 16.2 Å². The molecule has 2 rings (SSSR count). The second-order valence-electron chi connectivity index (χ2n) is 8.70. The van der Waals surface area contributed by atoms with Crippen LogP contribution in [0.4, 0.5) is 0 Å². The summed E-state index contributed by atoms with van der Waals surface area (Å²) in [4.78, 5) is 11.1. The molecule has 3 heteroatoms. The average molecular weight is 304 g/mol. The molecule has 2 N–H and O–H groups in total. The van der Waals surface area contributed by atoms with E-state index in [-0.39, 0.29) is 28.4 Å². The van der Waals surface area contributed by atoms with Crippen LogP contribution in [0.5, 0.6) is 5.75 Å². The number of phenols is 1. The molecule has 0 radical (unpaired) electrons. The van der Waals surface area contributed by atoms with Crippen molar-refractivity contribution in [3.8, 4) is 5.75 Å².